The lowest BCUT2D eigenvalue weighted by Gasteiger charge is -2.29. The third-order valence-electron chi connectivity index (χ3n) is 4.17. The fraction of sp³-hybridized carbons (Fsp3) is 0.444. The van der Waals surface area contributed by atoms with E-state index in [-0.39, 0.29) is 18.1 Å². The van der Waals surface area contributed by atoms with Crippen molar-refractivity contribution in [2.24, 2.45) is 0 Å². The van der Waals surface area contributed by atoms with Crippen LogP contribution >= 0.6 is 11.8 Å². The largest absolute Gasteiger partial charge is 0.489 e. The molecular weight excluding hydrogens is 336 g/mol. The normalized spacial score (nSPS) is 20.0. The molecule has 0 aromatic carbocycles. The third kappa shape index (κ3) is 5.42. The number of amides is 1. The number of ether oxygens (including phenoxy) is 1. The number of nitrogens with zero attached hydrogens (tertiary/aromatic N) is 3. The lowest BCUT2D eigenvalue weighted by atomic mass is 9.93. The summed E-state index contributed by atoms with van der Waals surface area (Å²) in [5.74, 6) is 1.23. The zero-order chi connectivity index (χ0) is 17.5. The Morgan fingerprint density at radius 2 is 1.88 bits per heavy atom. The quantitative estimate of drug-likeness (QED) is 0.632. The minimum absolute atomic E-state index is 0.0323. The maximum atomic E-state index is 12.1. The molecule has 0 atom stereocenters. The number of carbonyl (C=O) groups is 1. The molecule has 1 fully saturated rings. The molecule has 1 N–H and O–H groups in total. The van der Waals surface area contributed by atoms with Crippen LogP contribution in [0.2, 0.25) is 0 Å². The van der Waals surface area contributed by atoms with Crippen molar-refractivity contribution < 1.29 is 9.53 Å². The van der Waals surface area contributed by atoms with E-state index in [1.54, 1.807) is 24.7 Å². The second-order valence-corrected chi connectivity index (χ2v) is 7.01. The SMILES string of the molecule is Cc1ncccc1OC1CCC(NC(=O)CSc2ncccn2)CC1. The number of aromatic nitrogens is 3. The minimum Gasteiger partial charge on any atom is -0.489 e. The van der Waals surface area contributed by atoms with E-state index in [0.717, 1.165) is 37.1 Å². The van der Waals surface area contributed by atoms with Gasteiger partial charge in [0.05, 0.1) is 17.6 Å². The molecule has 1 aliphatic rings. The summed E-state index contributed by atoms with van der Waals surface area (Å²) in [5.41, 5.74) is 0.915. The van der Waals surface area contributed by atoms with Gasteiger partial charge in [0.2, 0.25) is 5.91 Å². The monoisotopic (exact) mass is 358 g/mol. The van der Waals surface area contributed by atoms with Crippen LogP contribution in [-0.2, 0) is 4.79 Å². The van der Waals surface area contributed by atoms with Crippen LogP contribution in [0.15, 0.2) is 41.9 Å². The van der Waals surface area contributed by atoms with E-state index in [4.69, 9.17) is 4.74 Å². The molecule has 1 amide bonds. The number of hydrogen-bond donors (Lipinski definition) is 1. The van der Waals surface area contributed by atoms with Crippen LogP contribution in [-0.4, -0.2) is 38.8 Å². The summed E-state index contributed by atoms with van der Waals surface area (Å²) < 4.78 is 6.05. The molecule has 0 saturated heterocycles. The smallest absolute Gasteiger partial charge is 0.230 e. The molecule has 25 heavy (non-hydrogen) atoms. The van der Waals surface area contributed by atoms with Crippen molar-refractivity contribution in [1.29, 1.82) is 0 Å². The summed E-state index contributed by atoms with van der Waals surface area (Å²) in [7, 11) is 0. The van der Waals surface area contributed by atoms with Crippen molar-refractivity contribution in [2.75, 3.05) is 5.75 Å². The molecule has 0 unspecified atom stereocenters. The molecule has 6 nitrogen and oxygen atoms in total. The van der Waals surface area contributed by atoms with E-state index in [0.29, 0.717) is 10.9 Å². The number of thioether (sulfide) groups is 1. The molecule has 2 aromatic heterocycles. The van der Waals surface area contributed by atoms with Crippen LogP contribution in [0, 0.1) is 6.92 Å². The molecule has 0 bridgehead atoms. The highest BCUT2D eigenvalue weighted by Crippen LogP contribution is 2.25. The lowest BCUT2D eigenvalue weighted by molar-refractivity contribution is -0.119. The van der Waals surface area contributed by atoms with Gasteiger partial charge in [-0.3, -0.25) is 9.78 Å². The Hall–Kier alpha value is -2.15. The number of nitrogens with one attached hydrogen (secondary N) is 1. The molecule has 0 aliphatic heterocycles. The van der Waals surface area contributed by atoms with Gasteiger partial charge in [0.1, 0.15) is 5.75 Å². The highest BCUT2D eigenvalue weighted by molar-refractivity contribution is 7.99. The molecule has 132 valence electrons. The molecule has 7 heteroatoms. The Kier molecular flexibility index (Phi) is 6.22. The highest BCUT2D eigenvalue weighted by atomic mass is 32.2. The summed E-state index contributed by atoms with van der Waals surface area (Å²) in [6, 6.07) is 5.83. The maximum absolute atomic E-state index is 12.1. The molecule has 2 heterocycles. The Labute approximate surface area is 151 Å². The summed E-state index contributed by atoms with van der Waals surface area (Å²) in [6.07, 6.45) is 9.07. The first-order chi connectivity index (χ1) is 12.2. The van der Waals surface area contributed by atoms with Gasteiger partial charge in [-0.05, 0) is 50.8 Å². The van der Waals surface area contributed by atoms with Crippen LogP contribution in [0.4, 0.5) is 0 Å². The number of hydrogen-bond acceptors (Lipinski definition) is 6. The number of carbonyl (C=O) groups excluding carboxylic acids is 1. The van der Waals surface area contributed by atoms with E-state index >= 15 is 0 Å². The molecule has 1 saturated carbocycles. The van der Waals surface area contributed by atoms with Crippen molar-refractivity contribution in [2.45, 2.75) is 49.9 Å². The van der Waals surface area contributed by atoms with Crippen LogP contribution in [0.5, 0.6) is 5.75 Å². The Morgan fingerprint density at radius 3 is 2.60 bits per heavy atom. The first-order valence-corrected chi connectivity index (χ1v) is 9.46. The summed E-state index contributed by atoms with van der Waals surface area (Å²) in [4.78, 5) is 24.5. The lowest BCUT2D eigenvalue weighted by Crippen LogP contribution is -2.40. The van der Waals surface area contributed by atoms with Crippen molar-refractivity contribution in [3.8, 4) is 5.75 Å². The van der Waals surface area contributed by atoms with E-state index < -0.39 is 0 Å². The van der Waals surface area contributed by atoms with Gasteiger partial charge in [-0.25, -0.2) is 9.97 Å². The maximum Gasteiger partial charge on any atom is 0.230 e. The fourth-order valence-corrected chi connectivity index (χ4v) is 3.47. The highest BCUT2D eigenvalue weighted by Gasteiger charge is 2.24. The van der Waals surface area contributed by atoms with Crippen molar-refractivity contribution in [1.82, 2.24) is 20.3 Å². The fourth-order valence-electron chi connectivity index (χ4n) is 2.86. The van der Waals surface area contributed by atoms with Gasteiger partial charge < -0.3 is 10.1 Å². The predicted molar refractivity (Wildman–Crippen MR) is 96.5 cm³/mol. The Bertz CT molecular complexity index is 690. The van der Waals surface area contributed by atoms with Gasteiger partial charge in [0.25, 0.3) is 0 Å². The van der Waals surface area contributed by atoms with Crippen molar-refractivity contribution in [3.63, 3.8) is 0 Å². The summed E-state index contributed by atoms with van der Waals surface area (Å²) in [6.45, 7) is 1.95. The van der Waals surface area contributed by atoms with E-state index in [2.05, 4.69) is 20.3 Å². The molecular formula is C18H22N4O2S. The van der Waals surface area contributed by atoms with Gasteiger partial charge in [-0.2, -0.15) is 0 Å². The molecule has 2 aromatic rings. The number of rotatable bonds is 6. The van der Waals surface area contributed by atoms with Gasteiger partial charge in [-0.15, -0.1) is 0 Å². The average Bonchev–Trinajstić information content (AvgIpc) is 2.64. The Balaban J connectivity index is 1.39. The van der Waals surface area contributed by atoms with E-state index in [1.807, 2.05) is 19.1 Å². The molecule has 0 spiro atoms. The van der Waals surface area contributed by atoms with Crippen LogP contribution in [0.1, 0.15) is 31.4 Å². The molecule has 3 rings (SSSR count). The topological polar surface area (TPSA) is 77.0 Å². The van der Waals surface area contributed by atoms with Crippen LogP contribution in [0.3, 0.4) is 0 Å². The van der Waals surface area contributed by atoms with E-state index in [1.165, 1.54) is 11.8 Å². The standard InChI is InChI=1S/C18H22N4O2S/c1-13-16(4-2-9-19-13)24-15-7-5-14(6-8-15)22-17(23)12-25-18-20-10-3-11-21-18/h2-4,9-11,14-15H,5-8,12H2,1H3,(H,22,23). The minimum atomic E-state index is 0.0323. The van der Waals surface area contributed by atoms with Gasteiger partial charge >= 0.3 is 0 Å². The van der Waals surface area contributed by atoms with Crippen LogP contribution in [0.25, 0.3) is 0 Å². The first-order valence-electron chi connectivity index (χ1n) is 8.48. The third-order valence-corrected chi connectivity index (χ3v) is 5.04. The number of aryl methyl sites for hydroxylation is 1. The van der Waals surface area contributed by atoms with Gasteiger partial charge in [0.15, 0.2) is 5.16 Å². The van der Waals surface area contributed by atoms with Crippen molar-refractivity contribution in [3.05, 3.63) is 42.5 Å². The van der Waals surface area contributed by atoms with Crippen molar-refractivity contribution >= 4 is 17.7 Å². The first kappa shape index (κ1) is 17.7. The zero-order valence-corrected chi connectivity index (χ0v) is 15.0. The second-order valence-electron chi connectivity index (χ2n) is 6.07. The van der Waals surface area contributed by atoms with E-state index in [9.17, 15) is 4.79 Å². The predicted octanol–water partition coefficient (Wildman–Crippen LogP) is 2.78. The number of pyridine rings is 1. The average molecular weight is 358 g/mol. The molecule has 0 radical (unpaired) electrons. The van der Waals surface area contributed by atoms with Gasteiger partial charge in [0, 0.05) is 24.6 Å². The summed E-state index contributed by atoms with van der Waals surface area (Å²) in [5, 5.41) is 3.73. The Morgan fingerprint density at radius 1 is 1.16 bits per heavy atom. The molecule has 1 aliphatic carbocycles. The zero-order valence-electron chi connectivity index (χ0n) is 14.2. The van der Waals surface area contributed by atoms with Crippen LogP contribution < -0.4 is 10.1 Å². The second kappa shape index (κ2) is 8.80. The van der Waals surface area contributed by atoms with Gasteiger partial charge in [-0.1, -0.05) is 11.8 Å². The summed E-state index contributed by atoms with van der Waals surface area (Å²) >= 11 is 1.36.